The van der Waals surface area contributed by atoms with Crippen molar-refractivity contribution in [1.29, 1.82) is 0 Å². The Morgan fingerprint density at radius 3 is 2.32 bits per heavy atom. The van der Waals surface area contributed by atoms with Gasteiger partial charge in [-0.05, 0) is 71.2 Å². The Labute approximate surface area is 230 Å². The van der Waals surface area contributed by atoms with E-state index in [0.29, 0.717) is 24.5 Å². The number of rotatable bonds is 9. The first-order chi connectivity index (χ1) is 18.4. The monoisotopic (exact) mass is 575 g/mol. The zero-order valence-electron chi connectivity index (χ0n) is 21.6. The molecule has 0 saturated carbocycles. The first-order valence-corrected chi connectivity index (χ1v) is 13.1. The van der Waals surface area contributed by atoms with Gasteiger partial charge in [-0.25, -0.2) is 9.48 Å². The Bertz CT molecular complexity index is 1400. The lowest BCUT2D eigenvalue weighted by atomic mass is 10.1. The van der Waals surface area contributed by atoms with Crippen molar-refractivity contribution in [3.05, 3.63) is 89.0 Å². The van der Waals surface area contributed by atoms with Gasteiger partial charge in [-0.2, -0.15) is 5.10 Å². The second-order valence-corrected chi connectivity index (χ2v) is 9.52. The summed E-state index contributed by atoms with van der Waals surface area (Å²) in [4.78, 5) is 28.0. The lowest BCUT2D eigenvalue weighted by molar-refractivity contribution is -0.116. The molecule has 0 atom stereocenters. The number of carbonyl (C=O) groups excluding carboxylic acids is 2. The minimum atomic E-state index is -0.350. The van der Waals surface area contributed by atoms with Crippen LogP contribution in [0.2, 0.25) is 0 Å². The number of methoxy groups -OCH3 is 1. The van der Waals surface area contributed by atoms with Crippen molar-refractivity contribution >= 4 is 39.4 Å². The summed E-state index contributed by atoms with van der Waals surface area (Å²) >= 11 is 3.45. The van der Waals surface area contributed by atoms with E-state index in [9.17, 15) is 9.59 Å². The average Bonchev–Trinajstić information content (AvgIpc) is 3.25. The number of halogens is 1. The predicted octanol–water partition coefficient (Wildman–Crippen LogP) is 6.50. The van der Waals surface area contributed by atoms with Gasteiger partial charge in [0.05, 0.1) is 24.2 Å². The van der Waals surface area contributed by atoms with E-state index >= 15 is 0 Å². The predicted molar refractivity (Wildman–Crippen MR) is 154 cm³/mol. The van der Waals surface area contributed by atoms with Crippen molar-refractivity contribution in [3.63, 3.8) is 0 Å². The van der Waals surface area contributed by atoms with Gasteiger partial charge >= 0.3 is 6.03 Å². The fraction of sp³-hybridized carbons (Fsp3) is 0.207. The Hall–Kier alpha value is -4.11. The van der Waals surface area contributed by atoms with Gasteiger partial charge in [-0.1, -0.05) is 49.4 Å². The summed E-state index contributed by atoms with van der Waals surface area (Å²) in [6.45, 7) is 4.18. The molecular weight excluding hydrogens is 546 g/mol. The smallest absolute Gasteiger partial charge is 0.322 e. The summed E-state index contributed by atoms with van der Waals surface area (Å²) in [5.41, 5.74) is 3.91. The molecule has 8 nitrogen and oxygen atoms in total. The molecular formula is C29H30BrN5O3. The van der Waals surface area contributed by atoms with Crippen LogP contribution >= 0.6 is 15.9 Å². The van der Waals surface area contributed by atoms with Gasteiger partial charge in [-0.3, -0.25) is 4.79 Å². The van der Waals surface area contributed by atoms with Crippen molar-refractivity contribution in [2.45, 2.75) is 20.3 Å². The first kappa shape index (κ1) is 26.9. The number of urea groups is 1. The highest BCUT2D eigenvalue weighted by atomic mass is 79.9. The highest BCUT2D eigenvalue weighted by Crippen LogP contribution is 2.33. The average molecular weight is 576 g/mol. The first-order valence-electron chi connectivity index (χ1n) is 12.3. The summed E-state index contributed by atoms with van der Waals surface area (Å²) in [6, 6.07) is 24.2. The highest BCUT2D eigenvalue weighted by Gasteiger charge is 2.23. The zero-order valence-corrected chi connectivity index (χ0v) is 23.2. The van der Waals surface area contributed by atoms with Crippen molar-refractivity contribution in [1.82, 2.24) is 14.7 Å². The number of aromatic nitrogens is 2. The van der Waals surface area contributed by atoms with E-state index in [-0.39, 0.29) is 18.5 Å². The summed E-state index contributed by atoms with van der Waals surface area (Å²) in [5.74, 6) is 0.928. The van der Waals surface area contributed by atoms with Gasteiger partial charge in [0.15, 0.2) is 0 Å². The molecule has 4 rings (SSSR count). The van der Waals surface area contributed by atoms with Crippen molar-refractivity contribution in [2.75, 3.05) is 30.8 Å². The van der Waals surface area contributed by atoms with E-state index in [0.717, 1.165) is 32.7 Å². The van der Waals surface area contributed by atoms with Crippen molar-refractivity contribution in [2.24, 2.45) is 0 Å². The maximum atomic E-state index is 13.4. The van der Waals surface area contributed by atoms with Gasteiger partial charge in [-0.15, -0.1) is 0 Å². The zero-order chi connectivity index (χ0) is 27.1. The third-order valence-electron chi connectivity index (χ3n) is 5.93. The van der Waals surface area contributed by atoms with E-state index in [1.165, 1.54) is 4.90 Å². The molecule has 3 aromatic carbocycles. The summed E-state index contributed by atoms with van der Waals surface area (Å²) < 4.78 is 7.76. The van der Waals surface area contributed by atoms with Crippen LogP contribution in [0, 0.1) is 6.92 Å². The maximum Gasteiger partial charge on any atom is 0.322 e. The molecule has 4 aromatic rings. The van der Waals surface area contributed by atoms with Gasteiger partial charge in [0.25, 0.3) is 0 Å². The molecule has 0 unspecified atom stereocenters. The largest absolute Gasteiger partial charge is 0.497 e. The van der Waals surface area contributed by atoms with Crippen LogP contribution in [0.3, 0.4) is 0 Å². The third-order valence-corrected chi connectivity index (χ3v) is 6.62. The molecule has 196 valence electrons. The molecule has 3 amide bonds. The van der Waals surface area contributed by atoms with Gasteiger partial charge in [0.2, 0.25) is 5.91 Å². The number of amides is 3. The van der Waals surface area contributed by atoms with Crippen LogP contribution in [0.1, 0.15) is 19.0 Å². The quantitative estimate of drug-likeness (QED) is 0.238. The summed E-state index contributed by atoms with van der Waals surface area (Å²) in [5, 5.41) is 10.7. The minimum Gasteiger partial charge on any atom is -0.497 e. The van der Waals surface area contributed by atoms with Crippen LogP contribution in [0.4, 0.5) is 16.3 Å². The third kappa shape index (κ3) is 6.23. The van der Waals surface area contributed by atoms with Gasteiger partial charge in [0, 0.05) is 16.6 Å². The molecule has 0 spiro atoms. The molecule has 0 radical (unpaired) electrons. The molecule has 0 aliphatic rings. The lowest BCUT2D eigenvalue weighted by Gasteiger charge is -2.23. The fourth-order valence-corrected chi connectivity index (χ4v) is 4.51. The fourth-order valence-electron chi connectivity index (χ4n) is 4.13. The van der Waals surface area contributed by atoms with Crippen LogP contribution in [0.15, 0.2) is 83.3 Å². The van der Waals surface area contributed by atoms with Crippen LogP contribution in [-0.4, -0.2) is 46.8 Å². The number of para-hydroxylation sites is 1. The topological polar surface area (TPSA) is 88.5 Å². The maximum absolute atomic E-state index is 13.4. The normalized spacial score (nSPS) is 10.6. The van der Waals surface area contributed by atoms with Crippen molar-refractivity contribution < 1.29 is 14.3 Å². The minimum absolute atomic E-state index is 0.120. The van der Waals surface area contributed by atoms with Crippen LogP contribution < -0.4 is 15.4 Å². The number of carbonyl (C=O) groups is 2. The highest BCUT2D eigenvalue weighted by molar-refractivity contribution is 9.10. The molecule has 0 bridgehead atoms. The lowest BCUT2D eigenvalue weighted by Crippen LogP contribution is -2.41. The van der Waals surface area contributed by atoms with E-state index in [1.807, 2.05) is 86.6 Å². The summed E-state index contributed by atoms with van der Waals surface area (Å²) in [7, 11) is 1.61. The Balaban J connectivity index is 1.63. The number of aryl methyl sites for hydroxylation is 1. The molecule has 0 aliphatic carbocycles. The van der Waals surface area contributed by atoms with Gasteiger partial charge < -0.3 is 20.3 Å². The number of nitrogens with one attached hydrogen (secondary N) is 2. The second-order valence-electron chi connectivity index (χ2n) is 8.66. The number of hydrogen-bond donors (Lipinski definition) is 2. The number of benzene rings is 3. The van der Waals surface area contributed by atoms with E-state index in [2.05, 4.69) is 26.6 Å². The molecule has 38 heavy (non-hydrogen) atoms. The van der Waals surface area contributed by atoms with Gasteiger partial charge in [0.1, 0.15) is 18.1 Å². The number of hydrogen-bond acceptors (Lipinski definition) is 4. The van der Waals surface area contributed by atoms with Crippen molar-refractivity contribution in [3.8, 4) is 22.6 Å². The van der Waals surface area contributed by atoms with E-state index in [4.69, 9.17) is 9.84 Å². The van der Waals surface area contributed by atoms with Crippen LogP contribution in [0.25, 0.3) is 16.8 Å². The molecule has 0 saturated heterocycles. The molecule has 0 fully saturated rings. The van der Waals surface area contributed by atoms with E-state index < -0.39 is 0 Å². The van der Waals surface area contributed by atoms with Crippen LogP contribution in [-0.2, 0) is 4.79 Å². The summed E-state index contributed by atoms with van der Waals surface area (Å²) in [6.07, 6.45) is 0.703. The SMILES string of the molecule is CCCN(CC(=O)Nc1c(-c2ccccc2)c(C)nn1-c1ccc(OC)cc1)C(=O)Nc1ccccc1Br. The Morgan fingerprint density at radius 2 is 1.66 bits per heavy atom. The number of nitrogens with zero attached hydrogens (tertiary/aromatic N) is 3. The Kier molecular flexibility index (Phi) is 8.81. The molecule has 2 N–H and O–H groups in total. The molecule has 1 heterocycles. The number of anilines is 2. The second kappa shape index (κ2) is 12.4. The van der Waals surface area contributed by atoms with E-state index in [1.54, 1.807) is 17.9 Å². The standard InChI is InChI=1S/C29H30BrN5O3/c1-4-18-34(29(37)31-25-13-9-8-12-24(25)30)19-26(36)32-28-27(21-10-6-5-7-11-21)20(2)33-35(28)22-14-16-23(38-3)17-15-22/h5-17H,4,18-19H2,1-3H3,(H,31,37)(H,32,36). The number of ether oxygens (including phenoxy) is 1. The molecule has 9 heteroatoms. The molecule has 0 aliphatic heterocycles. The van der Waals surface area contributed by atoms with Crippen LogP contribution in [0.5, 0.6) is 5.75 Å². The molecule has 1 aromatic heterocycles. The Morgan fingerprint density at radius 1 is 0.974 bits per heavy atom.